The smallest absolute Gasteiger partial charge is 0.326 e. The molecule has 1 aromatic heterocycles. The number of imidazole rings is 1. The number of carbonyl (C=O) groups excluding carboxylic acids is 3. The van der Waals surface area contributed by atoms with Crippen LogP contribution in [0.5, 0.6) is 0 Å². The van der Waals surface area contributed by atoms with Gasteiger partial charge in [-0.15, -0.1) is 0 Å². The average Bonchev–Trinajstić information content (AvgIpc) is 3.43. The summed E-state index contributed by atoms with van der Waals surface area (Å²) in [5.74, 6) is -4.70. The fraction of sp³-hybridized carbons (Fsp3) is 0.462. The predicted octanol–water partition coefficient (Wildman–Crippen LogP) is -0.945. The van der Waals surface area contributed by atoms with E-state index in [4.69, 9.17) is 16.6 Å². The third kappa shape index (κ3) is 11.2. The topological polar surface area (TPSA) is 243 Å². The van der Waals surface area contributed by atoms with Gasteiger partial charge in [0.1, 0.15) is 18.1 Å². The Morgan fingerprint density at radius 2 is 1.48 bits per heavy atom. The Hall–Kier alpha value is -4.30. The average molecular weight is 560 g/mol. The van der Waals surface area contributed by atoms with E-state index in [9.17, 15) is 29.1 Å². The van der Waals surface area contributed by atoms with Gasteiger partial charge in [0.05, 0.1) is 12.4 Å². The molecule has 10 N–H and O–H groups in total. The quantitative estimate of drug-likeness (QED) is 0.104. The zero-order chi connectivity index (χ0) is 29.5. The molecule has 14 heteroatoms. The van der Waals surface area contributed by atoms with Gasteiger partial charge < -0.3 is 42.6 Å². The Labute approximate surface area is 231 Å². The molecule has 14 nitrogen and oxygen atoms in total. The Morgan fingerprint density at radius 3 is 2.05 bits per heavy atom. The molecule has 0 aliphatic carbocycles. The van der Waals surface area contributed by atoms with Gasteiger partial charge in [-0.25, -0.2) is 9.78 Å². The van der Waals surface area contributed by atoms with Crippen LogP contribution in [0.15, 0.2) is 42.9 Å². The molecule has 2 rings (SSSR count). The third-order valence-electron chi connectivity index (χ3n) is 6.09. The van der Waals surface area contributed by atoms with E-state index in [1.54, 1.807) is 30.3 Å². The second-order valence-electron chi connectivity index (χ2n) is 9.32. The first-order valence-corrected chi connectivity index (χ1v) is 12.9. The van der Waals surface area contributed by atoms with E-state index in [0.29, 0.717) is 30.6 Å². The van der Waals surface area contributed by atoms with Gasteiger partial charge in [-0.2, -0.15) is 0 Å². The van der Waals surface area contributed by atoms with Crippen molar-refractivity contribution >= 4 is 29.7 Å². The van der Waals surface area contributed by atoms with Crippen molar-refractivity contribution in [2.24, 2.45) is 11.5 Å². The maximum atomic E-state index is 13.2. The van der Waals surface area contributed by atoms with E-state index in [-0.39, 0.29) is 25.7 Å². The van der Waals surface area contributed by atoms with Crippen molar-refractivity contribution in [1.82, 2.24) is 25.9 Å². The van der Waals surface area contributed by atoms with Gasteiger partial charge in [0.25, 0.3) is 0 Å². The number of benzene rings is 1. The van der Waals surface area contributed by atoms with Crippen LogP contribution >= 0.6 is 0 Å². The van der Waals surface area contributed by atoms with Crippen molar-refractivity contribution in [1.29, 1.82) is 0 Å². The normalized spacial score (nSPS) is 13.8. The van der Waals surface area contributed by atoms with Crippen LogP contribution in [-0.2, 0) is 36.8 Å². The number of aromatic amines is 1. The molecule has 2 aromatic rings. The first-order chi connectivity index (χ1) is 19.1. The molecular weight excluding hydrogens is 522 g/mol. The number of aliphatic carboxylic acids is 2. The standard InChI is InChI=1S/C26H37N7O7/c27-11-5-4-8-19(31-23(36)18(28)13-17-14-29-15-30-17)24(37)32-20(9-10-22(34)35)25(38)33-21(26(39)40)12-16-6-2-1-3-7-16/h1-3,6-7,14-15,18-21H,4-5,8-13,27-28H2,(H,29,30)(H,31,36)(H,32,37)(H,33,38)(H,34,35)(H,39,40). The minimum absolute atomic E-state index is 0.0203. The number of nitrogens with zero attached hydrogens (tertiary/aromatic N) is 1. The lowest BCUT2D eigenvalue weighted by molar-refractivity contribution is -0.143. The Morgan fingerprint density at radius 1 is 0.850 bits per heavy atom. The van der Waals surface area contributed by atoms with Crippen LogP contribution in [0.4, 0.5) is 0 Å². The molecule has 0 fully saturated rings. The lowest BCUT2D eigenvalue weighted by Gasteiger charge is -2.25. The molecule has 0 saturated heterocycles. The van der Waals surface area contributed by atoms with Gasteiger partial charge in [0.2, 0.25) is 17.7 Å². The second kappa shape index (κ2) is 16.6. The number of amides is 3. The first kappa shape index (κ1) is 31.9. The lowest BCUT2D eigenvalue weighted by Crippen LogP contribution is -2.57. The lowest BCUT2D eigenvalue weighted by atomic mass is 10.0. The van der Waals surface area contributed by atoms with Crippen LogP contribution in [0, 0.1) is 0 Å². The van der Waals surface area contributed by atoms with Gasteiger partial charge in [-0.3, -0.25) is 19.2 Å². The minimum Gasteiger partial charge on any atom is -0.481 e. The summed E-state index contributed by atoms with van der Waals surface area (Å²) in [6, 6.07) is 3.86. The molecule has 0 bridgehead atoms. The Kier molecular flexibility index (Phi) is 13.3. The molecule has 1 heterocycles. The highest BCUT2D eigenvalue weighted by atomic mass is 16.4. The maximum Gasteiger partial charge on any atom is 0.326 e. The summed E-state index contributed by atoms with van der Waals surface area (Å²) in [7, 11) is 0. The summed E-state index contributed by atoms with van der Waals surface area (Å²) in [5, 5.41) is 26.3. The number of aromatic nitrogens is 2. The largest absolute Gasteiger partial charge is 0.481 e. The fourth-order valence-corrected chi connectivity index (χ4v) is 3.90. The number of carboxylic acid groups (broad SMARTS) is 2. The van der Waals surface area contributed by atoms with Gasteiger partial charge in [-0.1, -0.05) is 30.3 Å². The molecule has 4 unspecified atom stereocenters. The number of nitrogens with two attached hydrogens (primary N) is 2. The van der Waals surface area contributed by atoms with Gasteiger partial charge in [-0.05, 0) is 37.8 Å². The van der Waals surface area contributed by atoms with Crippen LogP contribution in [0.2, 0.25) is 0 Å². The Balaban J connectivity index is 2.14. The Bertz CT molecular complexity index is 1110. The summed E-state index contributed by atoms with van der Waals surface area (Å²) < 4.78 is 0. The molecule has 0 aliphatic heterocycles. The van der Waals surface area contributed by atoms with Crippen LogP contribution < -0.4 is 27.4 Å². The van der Waals surface area contributed by atoms with Gasteiger partial charge in [0, 0.05) is 31.2 Å². The monoisotopic (exact) mass is 559 g/mol. The summed E-state index contributed by atoms with van der Waals surface area (Å²) in [6.45, 7) is 0.364. The summed E-state index contributed by atoms with van der Waals surface area (Å²) >= 11 is 0. The van der Waals surface area contributed by atoms with E-state index >= 15 is 0 Å². The number of hydrogen-bond acceptors (Lipinski definition) is 8. The molecule has 0 aliphatic rings. The van der Waals surface area contributed by atoms with Crippen molar-refractivity contribution < 1.29 is 34.2 Å². The number of hydrogen-bond donors (Lipinski definition) is 8. The molecular formula is C26H37N7O7. The van der Waals surface area contributed by atoms with Crippen molar-refractivity contribution in [3.8, 4) is 0 Å². The molecule has 0 spiro atoms. The van der Waals surface area contributed by atoms with Crippen LogP contribution in [0.25, 0.3) is 0 Å². The van der Waals surface area contributed by atoms with Crippen molar-refractivity contribution in [3.63, 3.8) is 0 Å². The number of H-pyrrole nitrogens is 1. The molecule has 40 heavy (non-hydrogen) atoms. The zero-order valence-electron chi connectivity index (χ0n) is 22.0. The van der Waals surface area contributed by atoms with Crippen LogP contribution in [0.1, 0.15) is 43.4 Å². The number of rotatable bonds is 18. The van der Waals surface area contributed by atoms with E-state index in [0.717, 1.165) is 0 Å². The molecule has 1 aromatic carbocycles. The second-order valence-corrected chi connectivity index (χ2v) is 9.32. The number of unbranched alkanes of at least 4 members (excludes halogenated alkanes) is 1. The highest BCUT2D eigenvalue weighted by Crippen LogP contribution is 2.08. The fourth-order valence-electron chi connectivity index (χ4n) is 3.90. The molecule has 218 valence electrons. The van der Waals surface area contributed by atoms with Gasteiger partial charge >= 0.3 is 11.9 Å². The van der Waals surface area contributed by atoms with E-state index in [2.05, 4.69) is 25.9 Å². The SMILES string of the molecule is NCCCCC(NC(=O)C(N)Cc1cnc[nH]1)C(=O)NC(CCC(=O)O)C(=O)NC(Cc1ccccc1)C(=O)O. The van der Waals surface area contributed by atoms with Gasteiger partial charge in [0.15, 0.2) is 0 Å². The first-order valence-electron chi connectivity index (χ1n) is 12.9. The zero-order valence-corrected chi connectivity index (χ0v) is 22.0. The minimum atomic E-state index is -1.37. The number of carboxylic acids is 2. The molecule has 4 atom stereocenters. The number of carbonyl (C=O) groups is 5. The maximum absolute atomic E-state index is 13.2. The van der Waals surface area contributed by atoms with E-state index < -0.39 is 60.2 Å². The van der Waals surface area contributed by atoms with Crippen LogP contribution in [-0.4, -0.2) is 80.6 Å². The molecule has 3 amide bonds. The highest BCUT2D eigenvalue weighted by Gasteiger charge is 2.30. The van der Waals surface area contributed by atoms with Crippen LogP contribution in [0.3, 0.4) is 0 Å². The van der Waals surface area contributed by atoms with Crippen molar-refractivity contribution in [2.75, 3.05) is 6.54 Å². The number of nitrogens with one attached hydrogen (secondary N) is 4. The summed E-state index contributed by atoms with van der Waals surface area (Å²) in [5.41, 5.74) is 12.8. The predicted molar refractivity (Wildman–Crippen MR) is 144 cm³/mol. The summed E-state index contributed by atoms with van der Waals surface area (Å²) in [6.07, 6.45) is 3.56. The van der Waals surface area contributed by atoms with E-state index in [1.165, 1.54) is 12.5 Å². The van der Waals surface area contributed by atoms with E-state index in [1.807, 2.05) is 0 Å². The van der Waals surface area contributed by atoms with Crippen molar-refractivity contribution in [2.45, 2.75) is 69.1 Å². The molecule has 0 radical (unpaired) electrons. The highest BCUT2D eigenvalue weighted by molar-refractivity contribution is 5.94. The molecule has 0 saturated carbocycles. The van der Waals surface area contributed by atoms with Crippen molar-refractivity contribution in [3.05, 3.63) is 54.1 Å². The third-order valence-corrected chi connectivity index (χ3v) is 6.09. The summed E-state index contributed by atoms with van der Waals surface area (Å²) in [4.78, 5) is 68.8.